The van der Waals surface area contributed by atoms with Gasteiger partial charge in [-0.1, -0.05) is 0 Å². The van der Waals surface area contributed by atoms with E-state index in [1.807, 2.05) is 0 Å². The molecule has 3 aromatic rings. The lowest BCUT2D eigenvalue weighted by molar-refractivity contribution is -0.142. The molecule has 0 saturated heterocycles. The van der Waals surface area contributed by atoms with Crippen molar-refractivity contribution >= 4 is 5.91 Å². The lowest BCUT2D eigenvalue weighted by atomic mass is 9.89. The Labute approximate surface area is 183 Å². The highest BCUT2D eigenvalue weighted by molar-refractivity contribution is 5.93. The van der Waals surface area contributed by atoms with Gasteiger partial charge >= 0.3 is 12.4 Å². The van der Waals surface area contributed by atoms with Gasteiger partial charge in [-0.2, -0.15) is 31.4 Å². The minimum Gasteiger partial charge on any atom is -0.344 e. The van der Waals surface area contributed by atoms with Gasteiger partial charge in [-0.25, -0.2) is 0 Å². The minimum atomic E-state index is -4.69. The van der Waals surface area contributed by atoms with Crippen LogP contribution in [0, 0.1) is 0 Å². The summed E-state index contributed by atoms with van der Waals surface area (Å²) in [6, 6.07) is 4.08. The van der Waals surface area contributed by atoms with E-state index < -0.39 is 35.7 Å². The average Bonchev–Trinajstić information content (AvgIpc) is 3.15. The van der Waals surface area contributed by atoms with E-state index in [9.17, 15) is 31.1 Å². The molecule has 0 radical (unpaired) electrons. The van der Waals surface area contributed by atoms with Crippen LogP contribution in [-0.2, 0) is 25.8 Å². The van der Waals surface area contributed by atoms with Crippen LogP contribution < -0.4 is 5.32 Å². The molecule has 3 heterocycles. The van der Waals surface area contributed by atoms with Gasteiger partial charge < -0.3 is 5.32 Å². The van der Waals surface area contributed by atoms with Crippen molar-refractivity contribution in [3.05, 3.63) is 65.0 Å². The summed E-state index contributed by atoms with van der Waals surface area (Å²) in [5.74, 6) is -0.743. The van der Waals surface area contributed by atoms with E-state index in [0.29, 0.717) is 42.1 Å². The van der Waals surface area contributed by atoms with E-state index in [2.05, 4.69) is 20.4 Å². The van der Waals surface area contributed by atoms with E-state index in [-0.39, 0.29) is 11.3 Å². The molecule has 3 aromatic heterocycles. The van der Waals surface area contributed by atoms with Gasteiger partial charge in [0.2, 0.25) is 0 Å². The third-order valence-corrected chi connectivity index (χ3v) is 5.38. The second kappa shape index (κ2) is 8.16. The lowest BCUT2D eigenvalue weighted by Gasteiger charge is -2.26. The molecule has 174 valence electrons. The second-order valence-corrected chi connectivity index (χ2v) is 7.64. The van der Waals surface area contributed by atoms with E-state index in [0.717, 1.165) is 16.9 Å². The maximum absolute atomic E-state index is 13.0. The van der Waals surface area contributed by atoms with Crippen molar-refractivity contribution in [1.82, 2.24) is 25.1 Å². The molecule has 12 heteroatoms. The standard InChI is InChI=1S/C21H17F6N5O/c1-32-16(9-18(31-32)21(25,26)27)19(33)30-15-4-2-3-14-13(15)7-12(10-29-14)11-5-6-28-17(8-11)20(22,23)24/h5-10,15H,2-4H2,1H3,(H,30,33)/t15-/m0/s1. The number of alkyl halides is 6. The van der Waals surface area contributed by atoms with Crippen molar-refractivity contribution in [2.45, 2.75) is 37.7 Å². The first-order chi connectivity index (χ1) is 15.4. The fraction of sp³-hybridized carbons (Fsp3) is 0.333. The molecule has 1 aliphatic rings. The fourth-order valence-electron chi connectivity index (χ4n) is 3.77. The Bertz CT molecular complexity index is 1200. The third kappa shape index (κ3) is 4.69. The number of aromatic nitrogens is 4. The molecule has 0 aromatic carbocycles. The molecule has 0 fully saturated rings. The van der Waals surface area contributed by atoms with Gasteiger partial charge in [0, 0.05) is 36.8 Å². The van der Waals surface area contributed by atoms with Crippen LogP contribution in [0.25, 0.3) is 11.1 Å². The summed E-state index contributed by atoms with van der Waals surface area (Å²) in [4.78, 5) is 20.4. The summed E-state index contributed by atoms with van der Waals surface area (Å²) in [5.41, 5.74) is -0.549. The monoisotopic (exact) mass is 469 g/mol. The van der Waals surface area contributed by atoms with Crippen LogP contribution in [0.5, 0.6) is 0 Å². The van der Waals surface area contributed by atoms with Gasteiger partial charge in [-0.3, -0.25) is 19.4 Å². The van der Waals surface area contributed by atoms with Crippen LogP contribution in [-0.4, -0.2) is 25.7 Å². The molecule has 1 amide bonds. The minimum absolute atomic E-state index is 0.254. The molecular formula is C21H17F6N5O. The van der Waals surface area contributed by atoms with Gasteiger partial charge in [-0.15, -0.1) is 0 Å². The van der Waals surface area contributed by atoms with Gasteiger partial charge in [0.15, 0.2) is 5.69 Å². The van der Waals surface area contributed by atoms with Crippen LogP contribution in [0.15, 0.2) is 36.7 Å². The molecule has 33 heavy (non-hydrogen) atoms. The number of rotatable bonds is 3. The van der Waals surface area contributed by atoms with Crippen LogP contribution in [0.4, 0.5) is 26.3 Å². The normalized spacial score (nSPS) is 16.4. The van der Waals surface area contributed by atoms with E-state index >= 15 is 0 Å². The number of nitrogens with one attached hydrogen (secondary N) is 1. The summed E-state index contributed by atoms with van der Waals surface area (Å²) in [5, 5.41) is 6.05. The first-order valence-corrected chi connectivity index (χ1v) is 9.88. The highest BCUT2D eigenvalue weighted by Crippen LogP contribution is 2.34. The number of fused-ring (bicyclic) bond motifs is 1. The van der Waals surface area contributed by atoms with Crippen molar-refractivity contribution in [3.63, 3.8) is 0 Å². The quantitative estimate of drug-likeness (QED) is 0.564. The summed E-state index contributed by atoms with van der Waals surface area (Å²) in [6.07, 6.45) is -5.00. The zero-order valence-corrected chi connectivity index (χ0v) is 17.1. The van der Waals surface area contributed by atoms with Crippen LogP contribution in [0.2, 0.25) is 0 Å². The Kier molecular flexibility index (Phi) is 5.62. The zero-order valence-electron chi connectivity index (χ0n) is 17.1. The number of halogens is 6. The number of amides is 1. The second-order valence-electron chi connectivity index (χ2n) is 7.64. The maximum atomic E-state index is 13.0. The molecule has 0 unspecified atom stereocenters. The van der Waals surface area contributed by atoms with Gasteiger partial charge in [0.25, 0.3) is 5.91 Å². The van der Waals surface area contributed by atoms with Crippen molar-refractivity contribution in [3.8, 4) is 11.1 Å². The van der Waals surface area contributed by atoms with Crippen molar-refractivity contribution in [1.29, 1.82) is 0 Å². The number of pyridine rings is 2. The number of carbonyl (C=O) groups excluding carboxylic acids is 1. The number of hydrogen-bond acceptors (Lipinski definition) is 4. The lowest BCUT2D eigenvalue weighted by Crippen LogP contribution is -2.32. The van der Waals surface area contributed by atoms with E-state index in [1.165, 1.54) is 19.3 Å². The molecule has 6 nitrogen and oxygen atoms in total. The Morgan fingerprint density at radius 1 is 1.03 bits per heavy atom. The fourth-order valence-corrected chi connectivity index (χ4v) is 3.77. The average molecular weight is 469 g/mol. The Hall–Kier alpha value is -3.44. The maximum Gasteiger partial charge on any atom is 0.435 e. The first-order valence-electron chi connectivity index (χ1n) is 9.88. The first kappa shape index (κ1) is 22.7. The largest absolute Gasteiger partial charge is 0.435 e. The predicted octanol–water partition coefficient (Wildman–Crippen LogP) is 4.72. The van der Waals surface area contributed by atoms with Crippen molar-refractivity contribution < 1.29 is 31.1 Å². The van der Waals surface area contributed by atoms with Crippen LogP contribution >= 0.6 is 0 Å². The van der Waals surface area contributed by atoms with Crippen LogP contribution in [0.1, 0.15) is 52.0 Å². The molecule has 0 aliphatic heterocycles. The highest BCUT2D eigenvalue weighted by atomic mass is 19.4. The molecule has 0 bridgehead atoms. The zero-order chi connectivity index (χ0) is 24.0. The number of carbonyl (C=O) groups is 1. The van der Waals surface area contributed by atoms with Gasteiger partial charge in [0.05, 0.1) is 6.04 Å². The molecule has 0 saturated carbocycles. The van der Waals surface area contributed by atoms with E-state index in [4.69, 9.17) is 0 Å². The Morgan fingerprint density at radius 2 is 1.76 bits per heavy atom. The Morgan fingerprint density at radius 3 is 2.42 bits per heavy atom. The Balaban J connectivity index is 1.63. The van der Waals surface area contributed by atoms with Gasteiger partial charge in [-0.05, 0) is 48.6 Å². The topological polar surface area (TPSA) is 72.7 Å². The predicted molar refractivity (Wildman–Crippen MR) is 104 cm³/mol. The smallest absolute Gasteiger partial charge is 0.344 e. The van der Waals surface area contributed by atoms with Crippen LogP contribution in [0.3, 0.4) is 0 Å². The molecule has 4 rings (SSSR count). The molecule has 0 spiro atoms. The van der Waals surface area contributed by atoms with Gasteiger partial charge in [0.1, 0.15) is 11.4 Å². The summed E-state index contributed by atoms with van der Waals surface area (Å²) < 4.78 is 78.7. The number of hydrogen-bond donors (Lipinski definition) is 1. The molecule has 1 N–H and O–H groups in total. The molecule has 1 atom stereocenters. The highest BCUT2D eigenvalue weighted by Gasteiger charge is 2.36. The van der Waals surface area contributed by atoms with Crippen molar-refractivity contribution in [2.75, 3.05) is 0 Å². The summed E-state index contributed by atoms with van der Waals surface area (Å²) in [6.45, 7) is 0. The SMILES string of the molecule is Cn1nc(C(F)(F)F)cc1C(=O)N[C@H]1CCCc2ncc(-c3ccnc(C(F)(F)F)c3)cc21. The van der Waals surface area contributed by atoms with Crippen molar-refractivity contribution in [2.24, 2.45) is 7.05 Å². The molecule has 1 aliphatic carbocycles. The summed E-state index contributed by atoms with van der Waals surface area (Å²) >= 11 is 0. The third-order valence-electron chi connectivity index (χ3n) is 5.38. The summed E-state index contributed by atoms with van der Waals surface area (Å²) in [7, 11) is 1.24. The van der Waals surface area contributed by atoms with E-state index in [1.54, 1.807) is 6.07 Å². The molecular weight excluding hydrogens is 452 g/mol. The number of aryl methyl sites for hydroxylation is 2. The number of nitrogens with zero attached hydrogens (tertiary/aromatic N) is 4.